The van der Waals surface area contributed by atoms with Crippen LogP contribution >= 0.6 is 0 Å². The number of aliphatic carboxylic acids is 1. The molecule has 1 unspecified atom stereocenters. The molecular weight excluding hydrogens is 304 g/mol. The van der Waals surface area contributed by atoms with E-state index in [0.717, 1.165) is 45.3 Å². The second-order valence-corrected chi connectivity index (χ2v) is 7.19. The summed E-state index contributed by atoms with van der Waals surface area (Å²) in [4.78, 5) is 25.6. The van der Waals surface area contributed by atoms with Crippen LogP contribution in [0.25, 0.3) is 0 Å². The van der Waals surface area contributed by atoms with E-state index in [1.54, 1.807) is 0 Å². The average Bonchev–Trinajstić information content (AvgIpc) is 3.17. The number of carboxylic acid groups (broad SMARTS) is 1. The number of carbonyl (C=O) groups is 2. The minimum absolute atomic E-state index is 0.0623. The molecule has 1 amide bonds. The Balaban J connectivity index is 1.43. The molecule has 0 radical (unpaired) electrons. The molecule has 1 saturated heterocycles. The van der Waals surface area contributed by atoms with Gasteiger partial charge < -0.3 is 10.4 Å². The number of nitrogens with one attached hydrogen (secondary N) is 1. The Kier molecular flexibility index (Phi) is 5.51. The zero-order valence-electron chi connectivity index (χ0n) is 14.0. The van der Waals surface area contributed by atoms with Crippen LogP contribution in [0, 0.1) is 11.8 Å². The lowest BCUT2D eigenvalue weighted by Gasteiger charge is -2.18. The van der Waals surface area contributed by atoms with E-state index in [0.29, 0.717) is 0 Å². The lowest BCUT2D eigenvalue weighted by Crippen LogP contribution is -2.38. The molecule has 0 bridgehead atoms. The minimum atomic E-state index is -0.737. The lowest BCUT2D eigenvalue weighted by atomic mass is 10.0. The SMILES string of the molecule is O=C(O)C[C@@H]1CC[C@H](NC(=O)C2CCN(Cc3ccccc3)C2)C1. The summed E-state index contributed by atoms with van der Waals surface area (Å²) in [7, 11) is 0. The number of likely N-dealkylation sites (tertiary alicyclic amines) is 1. The molecule has 0 spiro atoms. The van der Waals surface area contributed by atoms with Gasteiger partial charge in [-0.3, -0.25) is 14.5 Å². The predicted molar refractivity (Wildman–Crippen MR) is 91.4 cm³/mol. The largest absolute Gasteiger partial charge is 0.481 e. The standard InChI is InChI=1S/C19H26N2O3/c22-18(23)11-15-6-7-17(10-15)20-19(24)16-8-9-21(13-16)12-14-4-2-1-3-5-14/h1-5,15-17H,6-13H2,(H,20,24)(H,22,23)/t15-,16?,17+/m1/s1. The highest BCUT2D eigenvalue weighted by Gasteiger charge is 2.32. The fourth-order valence-electron chi connectivity index (χ4n) is 3.99. The van der Waals surface area contributed by atoms with Crippen molar-refractivity contribution in [2.45, 2.75) is 44.7 Å². The topological polar surface area (TPSA) is 69.6 Å². The van der Waals surface area contributed by atoms with E-state index in [4.69, 9.17) is 5.11 Å². The molecule has 1 aromatic carbocycles. The van der Waals surface area contributed by atoms with Gasteiger partial charge in [0.25, 0.3) is 0 Å². The number of carboxylic acids is 1. The van der Waals surface area contributed by atoms with E-state index in [1.807, 2.05) is 18.2 Å². The quantitative estimate of drug-likeness (QED) is 0.839. The number of nitrogens with zero attached hydrogens (tertiary/aromatic N) is 1. The van der Waals surface area contributed by atoms with Gasteiger partial charge in [0.15, 0.2) is 0 Å². The summed E-state index contributed by atoms with van der Waals surface area (Å²) < 4.78 is 0. The first-order valence-electron chi connectivity index (χ1n) is 8.88. The molecule has 5 nitrogen and oxygen atoms in total. The zero-order chi connectivity index (χ0) is 16.9. The van der Waals surface area contributed by atoms with Crippen molar-refractivity contribution in [3.8, 4) is 0 Å². The summed E-state index contributed by atoms with van der Waals surface area (Å²) in [6.07, 6.45) is 3.75. The van der Waals surface area contributed by atoms with Crippen molar-refractivity contribution >= 4 is 11.9 Å². The first-order chi connectivity index (χ1) is 11.6. The summed E-state index contributed by atoms with van der Waals surface area (Å²) in [6, 6.07) is 10.5. The van der Waals surface area contributed by atoms with Gasteiger partial charge in [0.1, 0.15) is 0 Å². The zero-order valence-corrected chi connectivity index (χ0v) is 14.0. The molecule has 1 aliphatic heterocycles. The predicted octanol–water partition coefficient (Wildman–Crippen LogP) is 2.27. The Morgan fingerprint density at radius 3 is 2.71 bits per heavy atom. The molecule has 1 aliphatic carbocycles. The van der Waals surface area contributed by atoms with Crippen molar-refractivity contribution in [1.29, 1.82) is 0 Å². The van der Waals surface area contributed by atoms with Crippen LogP contribution in [0.5, 0.6) is 0 Å². The van der Waals surface area contributed by atoms with Gasteiger partial charge in [-0.25, -0.2) is 0 Å². The molecule has 0 aromatic heterocycles. The van der Waals surface area contributed by atoms with E-state index in [1.165, 1.54) is 5.56 Å². The second-order valence-electron chi connectivity index (χ2n) is 7.19. The summed E-state index contributed by atoms with van der Waals surface area (Å²) in [5.74, 6) is -0.316. The van der Waals surface area contributed by atoms with Crippen molar-refractivity contribution in [3.63, 3.8) is 0 Å². The Morgan fingerprint density at radius 2 is 1.96 bits per heavy atom. The van der Waals surface area contributed by atoms with Gasteiger partial charge in [-0.1, -0.05) is 30.3 Å². The number of benzene rings is 1. The average molecular weight is 330 g/mol. The molecular formula is C19H26N2O3. The third-order valence-electron chi connectivity index (χ3n) is 5.24. The van der Waals surface area contributed by atoms with Gasteiger partial charge in [0.2, 0.25) is 5.91 Å². The van der Waals surface area contributed by atoms with Gasteiger partial charge in [-0.15, -0.1) is 0 Å². The smallest absolute Gasteiger partial charge is 0.303 e. The highest BCUT2D eigenvalue weighted by Crippen LogP contribution is 2.29. The number of amides is 1. The van der Waals surface area contributed by atoms with Gasteiger partial charge in [-0.2, -0.15) is 0 Å². The van der Waals surface area contributed by atoms with Crippen molar-refractivity contribution in [2.24, 2.45) is 11.8 Å². The molecule has 1 aromatic rings. The van der Waals surface area contributed by atoms with Crippen LogP contribution in [0.4, 0.5) is 0 Å². The highest BCUT2D eigenvalue weighted by atomic mass is 16.4. The van der Waals surface area contributed by atoms with Crippen LogP contribution < -0.4 is 5.32 Å². The molecule has 2 fully saturated rings. The molecule has 2 N–H and O–H groups in total. The second kappa shape index (κ2) is 7.79. The van der Waals surface area contributed by atoms with Gasteiger partial charge in [0.05, 0.1) is 5.92 Å². The molecule has 130 valence electrons. The molecule has 1 saturated carbocycles. The maximum atomic E-state index is 12.5. The molecule has 3 rings (SSSR count). The third kappa shape index (κ3) is 4.57. The van der Waals surface area contributed by atoms with Crippen molar-refractivity contribution < 1.29 is 14.7 Å². The number of carbonyl (C=O) groups excluding carboxylic acids is 1. The summed E-state index contributed by atoms with van der Waals surface area (Å²) in [5.41, 5.74) is 1.28. The van der Waals surface area contributed by atoms with Crippen LogP contribution in [-0.4, -0.2) is 41.0 Å². The first kappa shape index (κ1) is 17.0. The van der Waals surface area contributed by atoms with E-state index in [9.17, 15) is 9.59 Å². The Morgan fingerprint density at radius 1 is 1.17 bits per heavy atom. The molecule has 3 atom stereocenters. The fraction of sp³-hybridized carbons (Fsp3) is 0.579. The molecule has 5 heteroatoms. The van der Waals surface area contributed by atoms with E-state index < -0.39 is 5.97 Å². The lowest BCUT2D eigenvalue weighted by molar-refractivity contribution is -0.138. The number of rotatable bonds is 6. The summed E-state index contributed by atoms with van der Waals surface area (Å²) in [6.45, 7) is 2.67. The van der Waals surface area contributed by atoms with E-state index >= 15 is 0 Å². The number of hydrogen-bond acceptors (Lipinski definition) is 3. The van der Waals surface area contributed by atoms with Gasteiger partial charge in [-0.05, 0) is 43.7 Å². The van der Waals surface area contributed by atoms with Crippen molar-refractivity contribution in [2.75, 3.05) is 13.1 Å². The summed E-state index contributed by atoms with van der Waals surface area (Å²) >= 11 is 0. The van der Waals surface area contributed by atoms with Gasteiger partial charge in [0, 0.05) is 25.6 Å². The third-order valence-corrected chi connectivity index (χ3v) is 5.24. The van der Waals surface area contributed by atoms with Crippen LogP contribution in [0.2, 0.25) is 0 Å². The Bertz CT molecular complexity index is 575. The van der Waals surface area contributed by atoms with Crippen molar-refractivity contribution in [3.05, 3.63) is 35.9 Å². The molecule has 2 aliphatic rings. The highest BCUT2D eigenvalue weighted by molar-refractivity contribution is 5.79. The van der Waals surface area contributed by atoms with Crippen LogP contribution in [0.3, 0.4) is 0 Å². The molecule has 24 heavy (non-hydrogen) atoms. The van der Waals surface area contributed by atoms with E-state index in [2.05, 4.69) is 22.3 Å². The number of hydrogen-bond donors (Lipinski definition) is 2. The Hall–Kier alpha value is -1.88. The van der Waals surface area contributed by atoms with Crippen LogP contribution in [0.1, 0.15) is 37.7 Å². The Labute approximate surface area is 143 Å². The van der Waals surface area contributed by atoms with E-state index in [-0.39, 0.29) is 30.2 Å². The maximum Gasteiger partial charge on any atom is 0.303 e. The molecule has 1 heterocycles. The fourth-order valence-corrected chi connectivity index (χ4v) is 3.99. The van der Waals surface area contributed by atoms with Crippen molar-refractivity contribution in [1.82, 2.24) is 10.2 Å². The maximum absolute atomic E-state index is 12.5. The van der Waals surface area contributed by atoms with Crippen LogP contribution in [-0.2, 0) is 16.1 Å². The summed E-state index contributed by atoms with van der Waals surface area (Å²) in [5, 5.41) is 12.0. The minimum Gasteiger partial charge on any atom is -0.481 e. The normalized spacial score (nSPS) is 27.2. The monoisotopic (exact) mass is 330 g/mol. The van der Waals surface area contributed by atoms with Crippen LogP contribution in [0.15, 0.2) is 30.3 Å². The first-order valence-corrected chi connectivity index (χ1v) is 8.88. The van der Waals surface area contributed by atoms with Gasteiger partial charge >= 0.3 is 5.97 Å².